The average molecular weight is 311 g/mol. The van der Waals surface area contributed by atoms with E-state index in [9.17, 15) is 0 Å². The number of piperazine rings is 1. The quantitative estimate of drug-likeness (QED) is 0.796. The van der Waals surface area contributed by atoms with Crippen LogP contribution in [0.5, 0.6) is 5.75 Å². The molecule has 0 amide bonds. The van der Waals surface area contributed by atoms with Crippen molar-refractivity contribution in [1.29, 1.82) is 0 Å². The second kappa shape index (κ2) is 7.54. The van der Waals surface area contributed by atoms with Crippen LogP contribution in [0.4, 0.5) is 5.69 Å². The summed E-state index contributed by atoms with van der Waals surface area (Å²) < 4.78 is 10.7. The van der Waals surface area contributed by atoms with Crippen LogP contribution >= 0.6 is 0 Å². The lowest BCUT2D eigenvalue weighted by Gasteiger charge is -2.35. The number of benzene rings is 1. The number of methoxy groups -OCH3 is 1. The zero-order valence-corrected chi connectivity index (χ0v) is 13.3. The number of furan rings is 1. The summed E-state index contributed by atoms with van der Waals surface area (Å²) in [5.41, 5.74) is 1.15. The highest BCUT2D eigenvalue weighted by molar-refractivity contribution is 5.77. The number of allylic oxidation sites excluding steroid dienone is 1. The van der Waals surface area contributed by atoms with Crippen molar-refractivity contribution < 1.29 is 9.15 Å². The highest BCUT2D eigenvalue weighted by Gasteiger charge is 2.17. The molecular weight excluding hydrogens is 290 g/mol. The average Bonchev–Trinajstić information content (AvgIpc) is 3.13. The van der Waals surface area contributed by atoms with Gasteiger partial charge >= 0.3 is 0 Å². The van der Waals surface area contributed by atoms with Gasteiger partial charge in [-0.2, -0.15) is 5.10 Å². The molecule has 0 bridgehead atoms. The molecule has 120 valence electrons. The number of rotatable bonds is 5. The van der Waals surface area contributed by atoms with Gasteiger partial charge in [0, 0.05) is 19.3 Å². The van der Waals surface area contributed by atoms with Crippen LogP contribution in [-0.4, -0.2) is 44.5 Å². The van der Waals surface area contributed by atoms with Gasteiger partial charge in [-0.05, 0) is 36.4 Å². The van der Waals surface area contributed by atoms with Gasteiger partial charge in [-0.15, -0.1) is 0 Å². The largest absolute Gasteiger partial charge is 0.495 e. The molecule has 0 atom stereocenters. The van der Waals surface area contributed by atoms with E-state index >= 15 is 0 Å². The van der Waals surface area contributed by atoms with E-state index in [0.717, 1.165) is 43.4 Å². The molecule has 1 aromatic carbocycles. The molecule has 0 radical (unpaired) electrons. The Labute approximate surface area is 136 Å². The lowest BCUT2D eigenvalue weighted by atomic mass is 10.2. The van der Waals surface area contributed by atoms with Crippen molar-refractivity contribution in [3.05, 3.63) is 54.5 Å². The highest BCUT2D eigenvalue weighted by Crippen LogP contribution is 2.28. The highest BCUT2D eigenvalue weighted by atomic mass is 16.5. The van der Waals surface area contributed by atoms with E-state index in [0.29, 0.717) is 0 Å². The zero-order chi connectivity index (χ0) is 15.9. The third kappa shape index (κ3) is 3.94. The van der Waals surface area contributed by atoms with E-state index in [2.05, 4.69) is 21.1 Å². The minimum Gasteiger partial charge on any atom is -0.495 e. The molecule has 5 heteroatoms. The van der Waals surface area contributed by atoms with Crippen LogP contribution in [0.1, 0.15) is 5.76 Å². The number of hydrogen-bond acceptors (Lipinski definition) is 5. The minimum absolute atomic E-state index is 0.831. The number of nitrogens with zero attached hydrogens (tertiary/aromatic N) is 3. The standard InChI is InChI=1S/C18H21N3O2/c1-22-18-9-3-2-8-17(18)20-11-13-21(14-12-20)19-10-4-6-16-7-5-15-23-16/h2-10,15H,11-14H2,1H3/b6-4-,19-10-. The maximum Gasteiger partial charge on any atom is 0.142 e. The summed E-state index contributed by atoms with van der Waals surface area (Å²) in [5, 5.41) is 6.56. The zero-order valence-electron chi connectivity index (χ0n) is 13.3. The second-order valence-electron chi connectivity index (χ2n) is 5.25. The van der Waals surface area contributed by atoms with Crippen LogP contribution in [0.25, 0.3) is 6.08 Å². The number of anilines is 1. The number of ether oxygens (including phenoxy) is 1. The van der Waals surface area contributed by atoms with Crippen molar-refractivity contribution in [1.82, 2.24) is 5.01 Å². The summed E-state index contributed by atoms with van der Waals surface area (Å²) in [6.07, 6.45) is 7.26. The predicted octanol–water partition coefficient (Wildman–Crippen LogP) is 3.11. The molecule has 0 unspecified atom stereocenters. The van der Waals surface area contributed by atoms with Crippen LogP contribution in [0.3, 0.4) is 0 Å². The second-order valence-corrected chi connectivity index (χ2v) is 5.25. The molecule has 1 aliphatic heterocycles. The van der Waals surface area contributed by atoms with Crippen LogP contribution in [-0.2, 0) is 0 Å². The first-order valence-electron chi connectivity index (χ1n) is 7.74. The SMILES string of the molecule is COc1ccccc1N1CCN(/N=C\C=C/c2ccco2)CC1. The lowest BCUT2D eigenvalue weighted by Crippen LogP contribution is -2.44. The fraction of sp³-hybridized carbons (Fsp3) is 0.278. The molecule has 5 nitrogen and oxygen atoms in total. The van der Waals surface area contributed by atoms with Gasteiger partial charge in [0.25, 0.3) is 0 Å². The van der Waals surface area contributed by atoms with E-state index in [1.54, 1.807) is 19.6 Å². The van der Waals surface area contributed by atoms with Gasteiger partial charge in [-0.1, -0.05) is 12.1 Å². The minimum atomic E-state index is 0.831. The number of hydrazone groups is 1. The Kier molecular flexibility index (Phi) is 4.99. The molecule has 1 fully saturated rings. The van der Waals surface area contributed by atoms with Gasteiger partial charge in [0.15, 0.2) is 0 Å². The first-order valence-corrected chi connectivity index (χ1v) is 7.74. The van der Waals surface area contributed by atoms with E-state index in [4.69, 9.17) is 9.15 Å². The van der Waals surface area contributed by atoms with Gasteiger partial charge in [0.1, 0.15) is 11.5 Å². The fourth-order valence-electron chi connectivity index (χ4n) is 2.60. The van der Waals surface area contributed by atoms with Crippen molar-refractivity contribution in [3.63, 3.8) is 0 Å². The molecule has 1 aromatic heterocycles. The van der Waals surface area contributed by atoms with Crippen molar-refractivity contribution in [2.45, 2.75) is 0 Å². The molecule has 1 aliphatic rings. The van der Waals surface area contributed by atoms with Gasteiger partial charge in [0.05, 0.1) is 32.1 Å². The first kappa shape index (κ1) is 15.2. The van der Waals surface area contributed by atoms with Crippen molar-refractivity contribution in [3.8, 4) is 5.75 Å². The van der Waals surface area contributed by atoms with Gasteiger partial charge < -0.3 is 14.1 Å². The summed E-state index contributed by atoms with van der Waals surface area (Å²) >= 11 is 0. The van der Waals surface area contributed by atoms with E-state index in [1.807, 2.05) is 42.5 Å². The molecular formula is C18H21N3O2. The monoisotopic (exact) mass is 311 g/mol. The Morgan fingerprint density at radius 1 is 1.09 bits per heavy atom. The maximum absolute atomic E-state index is 5.44. The summed E-state index contributed by atoms with van der Waals surface area (Å²) in [7, 11) is 1.71. The third-order valence-corrected chi connectivity index (χ3v) is 3.80. The summed E-state index contributed by atoms with van der Waals surface area (Å²) in [6, 6.07) is 11.9. The van der Waals surface area contributed by atoms with Gasteiger partial charge in [0.2, 0.25) is 0 Å². The fourth-order valence-corrected chi connectivity index (χ4v) is 2.60. The van der Waals surface area contributed by atoms with E-state index in [1.165, 1.54) is 0 Å². The van der Waals surface area contributed by atoms with Crippen molar-refractivity contribution in [2.75, 3.05) is 38.2 Å². The Balaban J connectivity index is 1.52. The molecule has 23 heavy (non-hydrogen) atoms. The number of hydrogen-bond donors (Lipinski definition) is 0. The summed E-state index contributed by atoms with van der Waals surface area (Å²) in [5.74, 6) is 1.75. The third-order valence-electron chi connectivity index (χ3n) is 3.80. The topological polar surface area (TPSA) is 41.2 Å². The molecule has 0 saturated carbocycles. The van der Waals surface area contributed by atoms with Crippen molar-refractivity contribution in [2.24, 2.45) is 5.10 Å². The molecule has 2 heterocycles. The normalized spacial score (nSPS) is 15.7. The maximum atomic E-state index is 5.44. The van der Waals surface area contributed by atoms with Crippen LogP contribution in [0, 0.1) is 0 Å². The van der Waals surface area contributed by atoms with Gasteiger partial charge in [-0.25, -0.2) is 0 Å². The predicted molar refractivity (Wildman–Crippen MR) is 93.0 cm³/mol. The summed E-state index contributed by atoms with van der Waals surface area (Å²) in [6.45, 7) is 3.64. The van der Waals surface area contributed by atoms with Crippen LogP contribution < -0.4 is 9.64 Å². The Morgan fingerprint density at radius 3 is 2.65 bits per heavy atom. The molecule has 3 rings (SSSR count). The summed E-state index contributed by atoms with van der Waals surface area (Å²) in [4.78, 5) is 2.34. The lowest BCUT2D eigenvalue weighted by molar-refractivity contribution is 0.271. The van der Waals surface area contributed by atoms with Crippen LogP contribution in [0.2, 0.25) is 0 Å². The Morgan fingerprint density at radius 2 is 1.91 bits per heavy atom. The molecule has 0 aliphatic carbocycles. The Bertz CT molecular complexity index is 657. The van der Waals surface area contributed by atoms with Crippen LogP contribution in [0.15, 0.2) is 58.3 Å². The van der Waals surface area contributed by atoms with E-state index < -0.39 is 0 Å². The molecule has 1 saturated heterocycles. The van der Waals surface area contributed by atoms with Gasteiger partial charge in [-0.3, -0.25) is 5.01 Å². The number of para-hydroxylation sites is 2. The molecule has 2 aromatic rings. The molecule has 0 spiro atoms. The first-order chi connectivity index (χ1) is 11.4. The smallest absolute Gasteiger partial charge is 0.142 e. The molecule has 0 N–H and O–H groups in total. The van der Waals surface area contributed by atoms with E-state index in [-0.39, 0.29) is 0 Å². The Hall–Kier alpha value is -2.69. The van der Waals surface area contributed by atoms with Crippen molar-refractivity contribution >= 4 is 18.0 Å².